The maximum Gasteiger partial charge on any atom is 0.266 e. The number of imide groups is 1. The molecule has 0 aliphatic carbocycles. The lowest BCUT2D eigenvalue weighted by atomic mass is 10.1. The largest absolute Gasteiger partial charge is 0.457 e. The van der Waals surface area contributed by atoms with Crippen LogP contribution in [0, 0.1) is 0 Å². The van der Waals surface area contributed by atoms with E-state index in [1.54, 1.807) is 48.5 Å². The Hall–Kier alpha value is -2.53. The Kier molecular flexibility index (Phi) is 4.56. The SMILES string of the molecule is O=C1c2ccc(Oc3ccc(Cl)cc3)cc2C(=O)N1c1ccc(Cl)c(Cl)c1. The van der Waals surface area contributed by atoms with E-state index in [1.807, 2.05) is 0 Å². The van der Waals surface area contributed by atoms with Crippen molar-refractivity contribution in [3.8, 4) is 11.5 Å². The van der Waals surface area contributed by atoms with E-state index in [1.165, 1.54) is 12.1 Å². The minimum Gasteiger partial charge on any atom is -0.457 e. The van der Waals surface area contributed by atoms with Gasteiger partial charge in [-0.3, -0.25) is 9.59 Å². The number of halogens is 3. The average molecular weight is 419 g/mol. The second kappa shape index (κ2) is 6.89. The fourth-order valence-electron chi connectivity index (χ4n) is 2.78. The Morgan fingerprint density at radius 1 is 0.667 bits per heavy atom. The highest BCUT2D eigenvalue weighted by Gasteiger charge is 2.37. The molecule has 134 valence electrons. The third kappa shape index (κ3) is 3.28. The molecular weight excluding hydrogens is 409 g/mol. The number of carbonyl (C=O) groups is 2. The van der Waals surface area contributed by atoms with Gasteiger partial charge in [-0.1, -0.05) is 34.8 Å². The van der Waals surface area contributed by atoms with Crippen molar-refractivity contribution in [3.05, 3.63) is 86.9 Å². The lowest BCUT2D eigenvalue weighted by Crippen LogP contribution is -2.29. The lowest BCUT2D eigenvalue weighted by Gasteiger charge is -2.14. The fraction of sp³-hybridized carbons (Fsp3) is 0. The fourth-order valence-corrected chi connectivity index (χ4v) is 3.20. The van der Waals surface area contributed by atoms with Gasteiger partial charge in [0.2, 0.25) is 0 Å². The van der Waals surface area contributed by atoms with Gasteiger partial charge in [0.1, 0.15) is 11.5 Å². The van der Waals surface area contributed by atoms with Crippen molar-refractivity contribution >= 4 is 52.3 Å². The van der Waals surface area contributed by atoms with Gasteiger partial charge in [-0.15, -0.1) is 0 Å². The highest BCUT2D eigenvalue weighted by atomic mass is 35.5. The topological polar surface area (TPSA) is 46.6 Å². The maximum atomic E-state index is 12.8. The smallest absolute Gasteiger partial charge is 0.266 e. The molecule has 0 atom stereocenters. The number of benzene rings is 3. The minimum atomic E-state index is -0.449. The number of ether oxygens (including phenoxy) is 1. The molecule has 1 aliphatic rings. The average Bonchev–Trinajstić information content (AvgIpc) is 2.90. The summed E-state index contributed by atoms with van der Waals surface area (Å²) in [5.41, 5.74) is 0.919. The van der Waals surface area contributed by atoms with E-state index in [4.69, 9.17) is 39.5 Å². The molecule has 0 radical (unpaired) electrons. The summed E-state index contributed by atoms with van der Waals surface area (Å²) in [6.45, 7) is 0. The molecule has 0 fully saturated rings. The van der Waals surface area contributed by atoms with E-state index >= 15 is 0 Å². The van der Waals surface area contributed by atoms with Crippen LogP contribution in [0.15, 0.2) is 60.7 Å². The molecule has 0 N–H and O–H groups in total. The minimum absolute atomic E-state index is 0.262. The lowest BCUT2D eigenvalue weighted by molar-refractivity contribution is 0.0926. The molecule has 3 aromatic carbocycles. The van der Waals surface area contributed by atoms with Gasteiger partial charge < -0.3 is 4.74 Å². The van der Waals surface area contributed by atoms with Crippen molar-refractivity contribution in [2.24, 2.45) is 0 Å². The normalized spacial score (nSPS) is 13.1. The van der Waals surface area contributed by atoms with E-state index in [0.717, 1.165) is 4.90 Å². The van der Waals surface area contributed by atoms with E-state index in [-0.39, 0.29) is 10.6 Å². The van der Waals surface area contributed by atoms with Gasteiger partial charge in [0.05, 0.1) is 26.9 Å². The van der Waals surface area contributed by atoms with Gasteiger partial charge in [-0.25, -0.2) is 4.90 Å². The number of rotatable bonds is 3. The first-order valence-electron chi connectivity index (χ1n) is 7.85. The van der Waals surface area contributed by atoms with Crippen LogP contribution in [0.2, 0.25) is 15.1 Å². The standard InChI is InChI=1S/C20H10Cl3NO3/c21-11-1-4-13(5-2-11)27-14-6-7-15-16(10-14)20(26)24(19(15)25)12-3-8-17(22)18(23)9-12/h1-10H. The van der Waals surface area contributed by atoms with Crippen molar-refractivity contribution in [1.82, 2.24) is 0 Å². The third-order valence-electron chi connectivity index (χ3n) is 4.07. The Labute approximate surface area is 169 Å². The number of fused-ring (bicyclic) bond motifs is 1. The number of nitrogens with zero attached hydrogens (tertiary/aromatic N) is 1. The van der Waals surface area contributed by atoms with Crippen LogP contribution in [0.3, 0.4) is 0 Å². The number of hydrogen-bond acceptors (Lipinski definition) is 3. The first-order chi connectivity index (χ1) is 12.9. The number of hydrogen-bond donors (Lipinski definition) is 0. The Balaban J connectivity index is 1.66. The highest BCUT2D eigenvalue weighted by molar-refractivity contribution is 6.42. The second-order valence-electron chi connectivity index (χ2n) is 5.81. The number of anilines is 1. The molecule has 27 heavy (non-hydrogen) atoms. The molecule has 0 aromatic heterocycles. The van der Waals surface area contributed by atoms with Gasteiger partial charge in [-0.05, 0) is 60.7 Å². The Morgan fingerprint density at radius 3 is 2.04 bits per heavy atom. The summed E-state index contributed by atoms with van der Waals surface area (Å²) >= 11 is 17.8. The van der Waals surface area contributed by atoms with Crippen molar-refractivity contribution in [3.63, 3.8) is 0 Å². The van der Waals surface area contributed by atoms with Crippen molar-refractivity contribution < 1.29 is 14.3 Å². The zero-order valence-electron chi connectivity index (χ0n) is 13.6. The molecule has 4 nitrogen and oxygen atoms in total. The predicted molar refractivity (Wildman–Crippen MR) is 106 cm³/mol. The summed E-state index contributed by atoms with van der Waals surface area (Å²) in [4.78, 5) is 26.6. The van der Waals surface area contributed by atoms with Crippen LogP contribution in [0.5, 0.6) is 11.5 Å². The van der Waals surface area contributed by atoms with Gasteiger partial charge in [0.15, 0.2) is 0 Å². The van der Waals surface area contributed by atoms with Crippen LogP contribution < -0.4 is 9.64 Å². The summed E-state index contributed by atoms with van der Waals surface area (Å²) < 4.78 is 5.74. The first-order valence-corrected chi connectivity index (χ1v) is 8.99. The maximum absolute atomic E-state index is 12.8. The third-order valence-corrected chi connectivity index (χ3v) is 5.06. The molecule has 1 heterocycles. The predicted octanol–water partition coefficient (Wildman–Crippen LogP) is 6.24. The molecule has 0 spiro atoms. The molecule has 2 amide bonds. The van der Waals surface area contributed by atoms with Crippen molar-refractivity contribution in [2.75, 3.05) is 4.90 Å². The Bertz CT molecular complexity index is 1080. The van der Waals surface area contributed by atoms with Crippen LogP contribution in [0.25, 0.3) is 0 Å². The molecule has 0 unspecified atom stereocenters. The summed E-state index contributed by atoms with van der Waals surface area (Å²) in [7, 11) is 0. The van der Waals surface area contributed by atoms with E-state index in [2.05, 4.69) is 0 Å². The molecule has 0 bridgehead atoms. The van der Waals surface area contributed by atoms with Crippen LogP contribution in [0.1, 0.15) is 20.7 Å². The van der Waals surface area contributed by atoms with Gasteiger partial charge in [0, 0.05) is 5.02 Å². The van der Waals surface area contributed by atoms with Crippen LogP contribution >= 0.6 is 34.8 Å². The Morgan fingerprint density at radius 2 is 1.33 bits per heavy atom. The van der Waals surface area contributed by atoms with Gasteiger partial charge in [0.25, 0.3) is 11.8 Å². The second-order valence-corrected chi connectivity index (χ2v) is 7.06. The van der Waals surface area contributed by atoms with E-state index < -0.39 is 11.8 Å². The van der Waals surface area contributed by atoms with Gasteiger partial charge in [-0.2, -0.15) is 0 Å². The summed E-state index contributed by atoms with van der Waals surface area (Å²) in [6, 6.07) is 16.2. The number of amides is 2. The molecule has 7 heteroatoms. The van der Waals surface area contributed by atoms with Gasteiger partial charge >= 0.3 is 0 Å². The molecular formula is C20H10Cl3NO3. The summed E-state index contributed by atoms with van der Waals surface area (Å²) in [6.07, 6.45) is 0. The molecule has 4 rings (SSSR count). The molecule has 0 saturated carbocycles. The van der Waals surface area contributed by atoms with E-state index in [9.17, 15) is 9.59 Å². The monoisotopic (exact) mass is 417 g/mol. The van der Waals surface area contributed by atoms with Crippen LogP contribution in [-0.2, 0) is 0 Å². The van der Waals surface area contributed by atoms with Crippen LogP contribution in [0.4, 0.5) is 5.69 Å². The molecule has 0 saturated heterocycles. The van der Waals surface area contributed by atoms with Crippen molar-refractivity contribution in [1.29, 1.82) is 0 Å². The highest BCUT2D eigenvalue weighted by Crippen LogP contribution is 2.34. The quantitative estimate of drug-likeness (QED) is 0.473. The summed E-state index contributed by atoms with van der Waals surface area (Å²) in [5, 5.41) is 1.20. The van der Waals surface area contributed by atoms with Crippen molar-refractivity contribution in [2.45, 2.75) is 0 Å². The zero-order valence-corrected chi connectivity index (χ0v) is 15.8. The molecule has 3 aromatic rings. The van der Waals surface area contributed by atoms with Crippen LogP contribution in [-0.4, -0.2) is 11.8 Å². The number of carbonyl (C=O) groups excluding carboxylic acids is 2. The zero-order chi connectivity index (χ0) is 19.1. The summed E-state index contributed by atoms with van der Waals surface area (Å²) in [5.74, 6) is 0.132. The van der Waals surface area contributed by atoms with E-state index in [0.29, 0.717) is 32.8 Å². The molecule has 1 aliphatic heterocycles. The first kappa shape index (κ1) is 17.9.